The van der Waals surface area contributed by atoms with Gasteiger partial charge in [0.15, 0.2) is 6.61 Å². The number of fused-ring (bicyclic) bond motifs is 1. The van der Waals surface area contributed by atoms with Crippen molar-refractivity contribution in [2.45, 2.75) is 12.8 Å². The normalized spacial score (nSPS) is 13.9. The van der Waals surface area contributed by atoms with Crippen molar-refractivity contribution in [2.75, 3.05) is 19.7 Å². The number of ether oxygens (including phenoxy) is 1. The molecule has 2 aromatic heterocycles. The SMILES string of the molecule is O=C(OCC(=O)N1CCCC1)c1cc(-c2cccs2)nc2ccccc12. The molecule has 1 fully saturated rings. The van der Waals surface area contributed by atoms with Gasteiger partial charge in [-0.1, -0.05) is 24.3 Å². The smallest absolute Gasteiger partial charge is 0.339 e. The number of benzene rings is 1. The van der Waals surface area contributed by atoms with Crippen molar-refractivity contribution in [1.82, 2.24) is 9.88 Å². The molecule has 0 unspecified atom stereocenters. The van der Waals surface area contributed by atoms with E-state index in [2.05, 4.69) is 4.98 Å². The molecule has 0 aliphatic carbocycles. The van der Waals surface area contributed by atoms with E-state index in [-0.39, 0.29) is 12.5 Å². The quantitative estimate of drug-likeness (QED) is 0.660. The van der Waals surface area contributed by atoms with Gasteiger partial charge in [-0.2, -0.15) is 0 Å². The number of nitrogens with zero attached hydrogens (tertiary/aromatic N) is 2. The topological polar surface area (TPSA) is 59.5 Å². The van der Waals surface area contributed by atoms with Gasteiger partial charge in [0.1, 0.15) is 0 Å². The Morgan fingerprint density at radius 2 is 1.92 bits per heavy atom. The van der Waals surface area contributed by atoms with Crippen molar-refractivity contribution in [3.05, 3.63) is 53.4 Å². The second kappa shape index (κ2) is 7.25. The highest BCUT2D eigenvalue weighted by Crippen LogP contribution is 2.28. The molecule has 0 radical (unpaired) electrons. The molecule has 0 atom stereocenters. The molecule has 1 aliphatic rings. The Hall–Kier alpha value is -2.73. The minimum atomic E-state index is -0.492. The minimum Gasteiger partial charge on any atom is -0.452 e. The fraction of sp³-hybridized carbons (Fsp3) is 0.250. The lowest BCUT2D eigenvalue weighted by Crippen LogP contribution is -2.32. The highest BCUT2D eigenvalue weighted by molar-refractivity contribution is 7.13. The van der Waals surface area contributed by atoms with Crippen molar-refractivity contribution >= 4 is 34.1 Å². The Morgan fingerprint density at radius 1 is 1.12 bits per heavy atom. The maximum absolute atomic E-state index is 12.7. The number of aromatic nitrogens is 1. The molecule has 3 heterocycles. The number of carbonyl (C=O) groups excluding carboxylic acids is 2. The Labute approximate surface area is 155 Å². The van der Waals surface area contributed by atoms with Crippen LogP contribution in [0.2, 0.25) is 0 Å². The number of carbonyl (C=O) groups is 2. The van der Waals surface area contributed by atoms with Gasteiger partial charge in [0.25, 0.3) is 5.91 Å². The Bertz CT molecular complexity index is 947. The fourth-order valence-electron chi connectivity index (χ4n) is 3.16. The predicted molar refractivity (Wildman–Crippen MR) is 101 cm³/mol. The number of amides is 1. The molecule has 0 N–H and O–H groups in total. The van der Waals surface area contributed by atoms with Crippen LogP contribution in [0.4, 0.5) is 0 Å². The molecule has 3 aromatic rings. The van der Waals surface area contributed by atoms with Crippen LogP contribution in [0, 0.1) is 0 Å². The highest BCUT2D eigenvalue weighted by atomic mass is 32.1. The maximum Gasteiger partial charge on any atom is 0.339 e. The second-order valence-corrected chi connectivity index (χ2v) is 7.16. The lowest BCUT2D eigenvalue weighted by atomic mass is 10.1. The van der Waals surface area contributed by atoms with Gasteiger partial charge in [0.05, 0.1) is 21.7 Å². The first-order chi connectivity index (χ1) is 12.7. The van der Waals surface area contributed by atoms with Gasteiger partial charge >= 0.3 is 5.97 Å². The van der Waals surface area contributed by atoms with Crippen LogP contribution in [0.3, 0.4) is 0 Å². The molecule has 1 saturated heterocycles. The van der Waals surface area contributed by atoms with Crippen LogP contribution in [0.25, 0.3) is 21.5 Å². The molecular weight excluding hydrogens is 348 g/mol. The zero-order valence-corrected chi connectivity index (χ0v) is 15.0. The van der Waals surface area contributed by atoms with E-state index >= 15 is 0 Å². The summed E-state index contributed by atoms with van der Waals surface area (Å²) < 4.78 is 5.33. The van der Waals surface area contributed by atoms with Crippen LogP contribution in [-0.4, -0.2) is 41.5 Å². The van der Waals surface area contributed by atoms with Crippen LogP contribution < -0.4 is 0 Å². The molecule has 1 amide bonds. The standard InChI is InChI=1S/C20H18N2O3S/c23-19(22-9-3-4-10-22)13-25-20(24)15-12-17(18-8-5-11-26-18)21-16-7-2-1-6-14(15)16/h1-2,5-8,11-12H,3-4,9-10,13H2. The third kappa shape index (κ3) is 3.32. The van der Waals surface area contributed by atoms with Gasteiger partial charge in [-0.25, -0.2) is 9.78 Å². The van der Waals surface area contributed by atoms with Crippen molar-refractivity contribution in [1.29, 1.82) is 0 Å². The Morgan fingerprint density at radius 3 is 2.69 bits per heavy atom. The Kier molecular flexibility index (Phi) is 4.67. The van der Waals surface area contributed by atoms with Crippen LogP contribution in [-0.2, 0) is 9.53 Å². The van der Waals surface area contributed by atoms with Crippen molar-refractivity contribution < 1.29 is 14.3 Å². The van der Waals surface area contributed by atoms with E-state index in [1.807, 2.05) is 41.8 Å². The van der Waals surface area contributed by atoms with Crippen LogP contribution in [0.15, 0.2) is 47.8 Å². The predicted octanol–water partition coefficient (Wildman–Crippen LogP) is 3.74. The molecule has 1 aromatic carbocycles. The van der Waals surface area contributed by atoms with Gasteiger partial charge in [0, 0.05) is 18.5 Å². The number of hydrogen-bond donors (Lipinski definition) is 0. The maximum atomic E-state index is 12.7. The van der Waals surface area contributed by atoms with Gasteiger partial charge in [-0.3, -0.25) is 4.79 Å². The van der Waals surface area contributed by atoms with E-state index in [9.17, 15) is 9.59 Å². The van der Waals surface area contributed by atoms with Gasteiger partial charge in [-0.05, 0) is 36.4 Å². The molecule has 0 saturated carbocycles. The van der Waals surface area contributed by atoms with E-state index in [0.717, 1.165) is 47.4 Å². The zero-order valence-electron chi connectivity index (χ0n) is 14.2. The number of thiophene rings is 1. The molecule has 5 nitrogen and oxygen atoms in total. The number of esters is 1. The summed E-state index contributed by atoms with van der Waals surface area (Å²) in [5.41, 5.74) is 1.90. The van der Waals surface area contributed by atoms with E-state index < -0.39 is 5.97 Å². The summed E-state index contributed by atoms with van der Waals surface area (Å²) in [6, 6.07) is 13.1. The molecule has 132 valence electrons. The van der Waals surface area contributed by atoms with Crippen LogP contribution in [0.1, 0.15) is 23.2 Å². The fourth-order valence-corrected chi connectivity index (χ4v) is 3.84. The number of para-hydroxylation sites is 1. The van der Waals surface area contributed by atoms with E-state index in [1.54, 1.807) is 22.3 Å². The van der Waals surface area contributed by atoms with E-state index in [4.69, 9.17) is 4.74 Å². The first kappa shape index (κ1) is 16.7. The largest absolute Gasteiger partial charge is 0.452 e. The van der Waals surface area contributed by atoms with Crippen LogP contribution >= 0.6 is 11.3 Å². The molecule has 6 heteroatoms. The lowest BCUT2D eigenvalue weighted by molar-refractivity contribution is -0.133. The number of pyridine rings is 1. The summed E-state index contributed by atoms with van der Waals surface area (Å²) in [5, 5.41) is 2.70. The number of rotatable bonds is 4. The Balaban J connectivity index is 1.61. The van der Waals surface area contributed by atoms with Gasteiger partial charge in [0.2, 0.25) is 0 Å². The molecule has 26 heavy (non-hydrogen) atoms. The summed E-state index contributed by atoms with van der Waals surface area (Å²) in [7, 11) is 0. The van der Waals surface area contributed by atoms with Gasteiger partial charge in [-0.15, -0.1) is 11.3 Å². The third-order valence-corrected chi connectivity index (χ3v) is 5.39. The van der Waals surface area contributed by atoms with Crippen molar-refractivity contribution in [3.8, 4) is 10.6 Å². The first-order valence-corrected chi connectivity index (χ1v) is 9.49. The average molecular weight is 366 g/mol. The summed E-state index contributed by atoms with van der Waals surface area (Å²) in [4.78, 5) is 32.2. The molecular formula is C20H18N2O3S. The molecule has 1 aliphatic heterocycles. The summed E-state index contributed by atoms with van der Waals surface area (Å²) in [6.07, 6.45) is 2.03. The van der Waals surface area contributed by atoms with Gasteiger partial charge < -0.3 is 9.64 Å². The highest BCUT2D eigenvalue weighted by Gasteiger charge is 2.21. The summed E-state index contributed by atoms with van der Waals surface area (Å²) >= 11 is 1.56. The number of hydrogen-bond acceptors (Lipinski definition) is 5. The zero-order chi connectivity index (χ0) is 17.9. The summed E-state index contributed by atoms with van der Waals surface area (Å²) in [6.45, 7) is 1.28. The van der Waals surface area contributed by atoms with Crippen LogP contribution in [0.5, 0.6) is 0 Å². The van der Waals surface area contributed by atoms with Crippen molar-refractivity contribution in [2.24, 2.45) is 0 Å². The lowest BCUT2D eigenvalue weighted by Gasteiger charge is -2.15. The third-order valence-electron chi connectivity index (χ3n) is 4.50. The summed E-state index contributed by atoms with van der Waals surface area (Å²) in [5.74, 6) is -0.623. The van der Waals surface area contributed by atoms with E-state index in [1.165, 1.54) is 0 Å². The molecule has 0 bridgehead atoms. The van der Waals surface area contributed by atoms with Crippen molar-refractivity contribution in [3.63, 3.8) is 0 Å². The monoisotopic (exact) mass is 366 g/mol. The number of likely N-dealkylation sites (tertiary alicyclic amines) is 1. The first-order valence-electron chi connectivity index (χ1n) is 8.61. The minimum absolute atomic E-state index is 0.132. The average Bonchev–Trinajstić information content (AvgIpc) is 3.38. The molecule has 4 rings (SSSR count). The van der Waals surface area contributed by atoms with E-state index in [0.29, 0.717) is 5.56 Å². The molecule has 0 spiro atoms. The second-order valence-electron chi connectivity index (χ2n) is 6.21.